The predicted molar refractivity (Wildman–Crippen MR) is 70.9 cm³/mol. The van der Waals surface area contributed by atoms with Crippen molar-refractivity contribution in [3.8, 4) is 5.75 Å². The van der Waals surface area contributed by atoms with Gasteiger partial charge in [-0.05, 0) is 24.5 Å². The van der Waals surface area contributed by atoms with E-state index in [2.05, 4.69) is 11.4 Å². The van der Waals surface area contributed by atoms with Crippen molar-refractivity contribution in [1.82, 2.24) is 0 Å². The Labute approximate surface area is 107 Å². The van der Waals surface area contributed by atoms with Crippen LogP contribution in [0, 0.1) is 5.92 Å². The van der Waals surface area contributed by atoms with Gasteiger partial charge in [-0.2, -0.15) is 0 Å². The minimum atomic E-state index is -2.74. The van der Waals surface area contributed by atoms with Gasteiger partial charge in [0.05, 0.1) is 18.1 Å². The maximum absolute atomic E-state index is 11.0. The molecule has 1 aromatic rings. The lowest BCUT2D eigenvalue weighted by molar-refractivity contribution is 0.263. The molecule has 5 heteroatoms. The summed E-state index contributed by atoms with van der Waals surface area (Å²) in [4.78, 5) is 0. The Bertz CT molecular complexity index is 541. The minimum absolute atomic E-state index is 0.166. The molecule has 3 rings (SSSR count). The Morgan fingerprint density at radius 1 is 1.33 bits per heavy atom. The van der Waals surface area contributed by atoms with Crippen molar-refractivity contribution in [1.29, 1.82) is 0 Å². The molecule has 0 amide bonds. The second kappa shape index (κ2) is 4.46. The number of rotatable bonds is 3. The average molecular weight is 267 g/mol. The van der Waals surface area contributed by atoms with Gasteiger partial charge in [-0.15, -0.1) is 0 Å². The van der Waals surface area contributed by atoms with Crippen molar-refractivity contribution in [3.05, 3.63) is 23.8 Å². The SMILES string of the molecule is O=S1(=O)CC(COc2ccc3c(c2)NCCC3)C1. The van der Waals surface area contributed by atoms with Crippen molar-refractivity contribution < 1.29 is 13.2 Å². The lowest BCUT2D eigenvalue weighted by Crippen LogP contribution is -2.39. The summed E-state index contributed by atoms with van der Waals surface area (Å²) < 4.78 is 27.7. The monoisotopic (exact) mass is 267 g/mol. The highest BCUT2D eigenvalue weighted by Gasteiger charge is 2.33. The normalized spacial score (nSPS) is 21.6. The highest BCUT2D eigenvalue weighted by atomic mass is 32.2. The third-order valence-corrected chi connectivity index (χ3v) is 5.44. The second-order valence-electron chi connectivity index (χ2n) is 5.10. The molecule has 0 unspecified atom stereocenters. The van der Waals surface area contributed by atoms with E-state index in [0.717, 1.165) is 24.4 Å². The molecule has 1 N–H and O–H groups in total. The Morgan fingerprint density at radius 3 is 2.94 bits per heavy atom. The summed E-state index contributed by atoms with van der Waals surface area (Å²) in [7, 11) is -2.74. The number of ether oxygens (including phenoxy) is 1. The molecule has 2 aliphatic heterocycles. The standard InChI is InChI=1S/C13H17NO3S/c15-18(16)8-10(9-18)7-17-12-4-3-11-2-1-5-14-13(11)6-12/h3-4,6,10,14H,1-2,5,7-9H2. The lowest BCUT2D eigenvalue weighted by atomic mass is 10.0. The van der Waals surface area contributed by atoms with Crippen LogP contribution in [0.1, 0.15) is 12.0 Å². The van der Waals surface area contributed by atoms with Gasteiger partial charge in [-0.3, -0.25) is 0 Å². The Morgan fingerprint density at radius 2 is 2.17 bits per heavy atom. The van der Waals surface area contributed by atoms with Crippen molar-refractivity contribution in [2.45, 2.75) is 12.8 Å². The molecule has 98 valence electrons. The van der Waals surface area contributed by atoms with Crippen LogP contribution in [-0.4, -0.2) is 33.1 Å². The Kier molecular flexibility index (Phi) is 2.93. The highest BCUT2D eigenvalue weighted by Crippen LogP contribution is 2.27. The van der Waals surface area contributed by atoms with Crippen molar-refractivity contribution in [3.63, 3.8) is 0 Å². The fourth-order valence-electron chi connectivity index (χ4n) is 2.51. The molecule has 4 nitrogen and oxygen atoms in total. The van der Waals surface area contributed by atoms with E-state index in [4.69, 9.17) is 4.74 Å². The molecule has 0 spiro atoms. The van der Waals surface area contributed by atoms with E-state index in [-0.39, 0.29) is 17.4 Å². The van der Waals surface area contributed by atoms with Gasteiger partial charge < -0.3 is 10.1 Å². The minimum Gasteiger partial charge on any atom is -0.493 e. The quantitative estimate of drug-likeness (QED) is 0.901. The summed E-state index contributed by atoms with van der Waals surface area (Å²) in [6.07, 6.45) is 2.29. The molecule has 0 atom stereocenters. The van der Waals surface area contributed by atoms with Gasteiger partial charge in [0, 0.05) is 24.2 Å². The topological polar surface area (TPSA) is 55.4 Å². The van der Waals surface area contributed by atoms with Gasteiger partial charge in [0.2, 0.25) is 0 Å². The van der Waals surface area contributed by atoms with Crippen LogP contribution in [0.15, 0.2) is 18.2 Å². The number of nitrogens with one attached hydrogen (secondary N) is 1. The first-order valence-corrected chi connectivity index (χ1v) is 8.14. The van der Waals surface area contributed by atoms with Crippen LogP contribution in [0.5, 0.6) is 5.75 Å². The van der Waals surface area contributed by atoms with Crippen LogP contribution in [0.2, 0.25) is 0 Å². The summed E-state index contributed by atoms with van der Waals surface area (Å²) in [5, 5.41) is 3.36. The molecule has 1 fully saturated rings. The van der Waals surface area contributed by atoms with E-state index in [1.54, 1.807) is 0 Å². The van der Waals surface area contributed by atoms with Crippen LogP contribution in [0.4, 0.5) is 5.69 Å². The maximum Gasteiger partial charge on any atom is 0.151 e. The smallest absolute Gasteiger partial charge is 0.151 e. The molecule has 0 bridgehead atoms. The van der Waals surface area contributed by atoms with E-state index in [9.17, 15) is 8.42 Å². The van der Waals surface area contributed by atoms with E-state index in [1.165, 1.54) is 12.0 Å². The van der Waals surface area contributed by atoms with Crippen LogP contribution >= 0.6 is 0 Å². The molecular formula is C13H17NO3S. The van der Waals surface area contributed by atoms with E-state index >= 15 is 0 Å². The molecule has 2 heterocycles. The summed E-state index contributed by atoms with van der Waals surface area (Å²) in [5.74, 6) is 1.54. The predicted octanol–water partition coefficient (Wildman–Crippen LogP) is 1.47. The molecule has 2 aliphatic rings. The number of hydrogen-bond acceptors (Lipinski definition) is 4. The van der Waals surface area contributed by atoms with Gasteiger partial charge in [0.1, 0.15) is 5.75 Å². The highest BCUT2D eigenvalue weighted by molar-refractivity contribution is 7.92. The molecule has 0 aliphatic carbocycles. The molecule has 1 aromatic carbocycles. The van der Waals surface area contributed by atoms with E-state index < -0.39 is 9.84 Å². The molecule has 0 radical (unpaired) electrons. The van der Waals surface area contributed by atoms with E-state index in [1.807, 2.05) is 12.1 Å². The first-order chi connectivity index (χ1) is 8.62. The molecule has 0 saturated carbocycles. The van der Waals surface area contributed by atoms with Crippen LogP contribution in [0.3, 0.4) is 0 Å². The van der Waals surface area contributed by atoms with Crippen LogP contribution in [-0.2, 0) is 16.3 Å². The lowest BCUT2D eigenvalue weighted by Gasteiger charge is -2.26. The molecule has 1 saturated heterocycles. The number of fused-ring (bicyclic) bond motifs is 1. The molecular weight excluding hydrogens is 250 g/mol. The van der Waals surface area contributed by atoms with Gasteiger partial charge >= 0.3 is 0 Å². The van der Waals surface area contributed by atoms with Gasteiger partial charge in [0.15, 0.2) is 9.84 Å². The van der Waals surface area contributed by atoms with Crippen molar-refractivity contribution in [2.24, 2.45) is 5.92 Å². The van der Waals surface area contributed by atoms with Crippen LogP contribution < -0.4 is 10.1 Å². The van der Waals surface area contributed by atoms with Crippen LogP contribution in [0.25, 0.3) is 0 Å². The third-order valence-electron chi connectivity index (χ3n) is 3.48. The van der Waals surface area contributed by atoms with Gasteiger partial charge in [-0.25, -0.2) is 8.42 Å². The summed E-state index contributed by atoms with van der Waals surface area (Å²) in [6, 6.07) is 6.08. The zero-order chi connectivity index (χ0) is 12.6. The number of sulfone groups is 1. The number of hydrogen-bond donors (Lipinski definition) is 1. The third kappa shape index (κ3) is 2.46. The maximum atomic E-state index is 11.0. The number of benzene rings is 1. The van der Waals surface area contributed by atoms with Gasteiger partial charge in [0.25, 0.3) is 0 Å². The Hall–Kier alpha value is -1.23. The summed E-state index contributed by atoms with van der Waals surface area (Å²) in [6.45, 7) is 1.51. The fourth-order valence-corrected chi connectivity index (χ4v) is 4.04. The molecule has 18 heavy (non-hydrogen) atoms. The largest absolute Gasteiger partial charge is 0.493 e. The van der Waals surface area contributed by atoms with Gasteiger partial charge in [-0.1, -0.05) is 6.07 Å². The average Bonchev–Trinajstić information content (AvgIpc) is 2.33. The zero-order valence-electron chi connectivity index (χ0n) is 10.2. The second-order valence-corrected chi connectivity index (χ2v) is 7.26. The number of anilines is 1. The fraction of sp³-hybridized carbons (Fsp3) is 0.538. The van der Waals surface area contributed by atoms with Crippen molar-refractivity contribution >= 4 is 15.5 Å². The zero-order valence-corrected chi connectivity index (χ0v) is 11.0. The molecule has 0 aromatic heterocycles. The summed E-state index contributed by atoms with van der Waals surface area (Å²) in [5.41, 5.74) is 2.49. The van der Waals surface area contributed by atoms with E-state index in [0.29, 0.717) is 6.61 Å². The Balaban J connectivity index is 1.60. The first kappa shape index (κ1) is 11.8. The number of aryl methyl sites for hydroxylation is 1. The van der Waals surface area contributed by atoms with Crippen molar-refractivity contribution in [2.75, 3.05) is 30.0 Å². The summed E-state index contributed by atoms with van der Waals surface area (Å²) >= 11 is 0. The first-order valence-electron chi connectivity index (χ1n) is 6.32.